The zero-order valence-electron chi connectivity index (χ0n) is 9.50. The maximum atomic E-state index is 11.0. The van der Waals surface area contributed by atoms with Crippen molar-refractivity contribution in [3.63, 3.8) is 0 Å². The van der Waals surface area contributed by atoms with E-state index in [0.29, 0.717) is 17.3 Å². The second kappa shape index (κ2) is 9.00. The first-order valence-corrected chi connectivity index (χ1v) is 5.49. The third-order valence-electron chi connectivity index (χ3n) is 1.44. The fourth-order valence-electron chi connectivity index (χ4n) is 0.839. The lowest BCUT2D eigenvalue weighted by atomic mass is 10.3. The average Bonchev–Trinajstić information content (AvgIpc) is 2.32. The molecule has 0 radical (unpaired) electrons. The number of benzene rings is 1. The molecule has 0 aromatic heterocycles. The van der Waals surface area contributed by atoms with Crippen molar-refractivity contribution in [2.75, 3.05) is 18.5 Å². The van der Waals surface area contributed by atoms with Gasteiger partial charge >= 0.3 is 6.09 Å². The second-order valence-electron chi connectivity index (χ2n) is 2.56. The first kappa shape index (κ1) is 14.7. The van der Waals surface area contributed by atoms with Crippen molar-refractivity contribution >= 4 is 23.4 Å². The highest BCUT2D eigenvalue weighted by atomic mass is 35.5. The van der Waals surface area contributed by atoms with Crippen molar-refractivity contribution in [1.82, 2.24) is 0 Å². The van der Waals surface area contributed by atoms with E-state index in [0.717, 1.165) is 0 Å². The minimum Gasteiger partial charge on any atom is -0.448 e. The lowest BCUT2D eigenvalue weighted by molar-refractivity contribution is 0.165. The van der Waals surface area contributed by atoms with Crippen LogP contribution in [0.2, 0.25) is 5.02 Å². The van der Waals surface area contributed by atoms with Crippen LogP contribution < -0.4 is 11.1 Å². The number of hydrogen-bond acceptors (Lipinski definition) is 3. The van der Waals surface area contributed by atoms with E-state index in [-0.39, 0.29) is 6.61 Å². The van der Waals surface area contributed by atoms with E-state index in [1.807, 2.05) is 13.8 Å². The van der Waals surface area contributed by atoms with Gasteiger partial charge < -0.3 is 10.5 Å². The summed E-state index contributed by atoms with van der Waals surface area (Å²) in [5.74, 6) is 0. The summed E-state index contributed by atoms with van der Waals surface area (Å²) in [5, 5.41) is 3.15. The van der Waals surface area contributed by atoms with E-state index >= 15 is 0 Å². The smallest absolute Gasteiger partial charge is 0.411 e. The predicted octanol–water partition coefficient (Wildman–Crippen LogP) is 2.87. The quantitative estimate of drug-likeness (QED) is 0.859. The van der Waals surface area contributed by atoms with E-state index < -0.39 is 6.09 Å². The van der Waals surface area contributed by atoms with E-state index in [9.17, 15) is 4.79 Å². The molecular weight excluding hydrogens is 228 g/mol. The first-order valence-electron chi connectivity index (χ1n) is 5.12. The molecule has 0 bridgehead atoms. The Hall–Kier alpha value is -1.26. The van der Waals surface area contributed by atoms with Crippen molar-refractivity contribution in [3.05, 3.63) is 29.3 Å². The molecule has 0 saturated carbocycles. The van der Waals surface area contributed by atoms with Gasteiger partial charge in [-0.1, -0.05) is 25.4 Å². The molecule has 1 aromatic rings. The molecule has 90 valence electrons. The van der Waals surface area contributed by atoms with Gasteiger partial charge in [-0.25, -0.2) is 4.79 Å². The Morgan fingerprint density at radius 1 is 1.38 bits per heavy atom. The normalized spacial score (nSPS) is 8.75. The highest BCUT2D eigenvalue weighted by Gasteiger charge is 2.01. The fraction of sp³-hybridized carbons (Fsp3) is 0.364. The van der Waals surface area contributed by atoms with Gasteiger partial charge in [-0.15, -0.1) is 0 Å². The van der Waals surface area contributed by atoms with Gasteiger partial charge in [-0.3, -0.25) is 5.32 Å². The average molecular weight is 245 g/mol. The van der Waals surface area contributed by atoms with E-state index in [2.05, 4.69) is 5.32 Å². The van der Waals surface area contributed by atoms with Gasteiger partial charge in [0.2, 0.25) is 0 Å². The molecule has 0 aliphatic carbocycles. The van der Waals surface area contributed by atoms with Crippen molar-refractivity contribution in [2.24, 2.45) is 5.73 Å². The molecule has 5 heteroatoms. The summed E-state index contributed by atoms with van der Waals surface area (Å²) in [6, 6.07) is 6.73. The molecule has 16 heavy (non-hydrogen) atoms. The zero-order valence-corrected chi connectivity index (χ0v) is 10.3. The van der Waals surface area contributed by atoms with Crippen LogP contribution in [-0.4, -0.2) is 19.2 Å². The van der Waals surface area contributed by atoms with Crippen LogP contribution in [0.25, 0.3) is 0 Å². The van der Waals surface area contributed by atoms with E-state index in [1.54, 1.807) is 24.3 Å². The van der Waals surface area contributed by atoms with Crippen LogP contribution >= 0.6 is 11.6 Å². The molecule has 1 rings (SSSR count). The van der Waals surface area contributed by atoms with Crippen molar-refractivity contribution in [2.45, 2.75) is 13.8 Å². The molecule has 3 N–H and O–H groups in total. The van der Waals surface area contributed by atoms with Crippen LogP contribution in [-0.2, 0) is 4.74 Å². The molecular formula is C11H17ClN2O2. The van der Waals surface area contributed by atoms with Gasteiger partial charge in [0.25, 0.3) is 0 Å². The van der Waals surface area contributed by atoms with Gasteiger partial charge in [-0.2, -0.15) is 0 Å². The standard InChI is InChI=1S/C9H11ClN2O2.C2H6/c10-7-1-3-8(4-2-7)12-9(13)14-6-5-11;1-2/h1-4H,5-6,11H2,(H,12,13);1-2H3. The largest absolute Gasteiger partial charge is 0.448 e. The van der Waals surface area contributed by atoms with Crippen molar-refractivity contribution < 1.29 is 9.53 Å². The topological polar surface area (TPSA) is 64.3 Å². The highest BCUT2D eigenvalue weighted by Crippen LogP contribution is 2.13. The van der Waals surface area contributed by atoms with Crippen LogP contribution in [0.3, 0.4) is 0 Å². The van der Waals surface area contributed by atoms with Gasteiger partial charge in [-0.05, 0) is 24.3 Å². The van der Waals surface area contributed by atoms with Crippen LogP contribution in [0.1, 0.15) is 13.8 Å². The molecule has 4 nitrogen and oxygen atoms in total. The number of nitrogens with one attached hydrogen (secondary N) is 1. The van der Waals surface area contributed by atoms with Crippen molar-refractivity contribution in [1.29, 1.82) is 0 Å². The fourth-order valence-corrected chi connectivity index (χ4v) is 0.965. The summed E-state index contributed by atoms with van der Waals surface area (Å²) in [7, 11) is 0. The van der Waals surface area contributed by atoms with Crippen LogP contribution in [0.15, 0.2) is 24.3 Å². The molecule has 0 heterocycles. The summed E-state index contributed by atoms with van der Waals surface area (Å²) in [5.41, 5.74) is 5.80. The molecule has 0 aliphatic rings. The Balaban J connectivity index is 0.00000106. The SMILES string of the molecule is CC.NCCOC(=O)Nc1ccc(Cl)cc1. The number of amides is 1. The number of nitrogens with two attached hydrogens (primary N) is 1. The number of rotatable bonds is 3. The molecule has 0 atom stereocenters. The van der Waals surface area contributed by atoms with Crippen LogP contribution in [0.4, 0.5) is 10.5 Å². The Labute approximate surface area is 101 Å². The van der Waals surface area contributed by atoms with Crippen LogP contribution in [0, 0.1) is 0 Å². The molecule has 0 unspecified atom stereocenters. The van der Waals surface area contributed by atoms with Gasteiger partial charge in [0, 0.05) is 17.3 Å². The summed E-state index contributed by atoms with van der Waals surface area (Å²) >= 11 is 5.67. The molecule has 1 amide bonds. The number of carbonyl (C=O) groups is 1. The maximum absolute atomic E-state index is 11.0. The lowest BCUT2D eigenvalue weighted by Gasteiger charge is -2.05. The Kier molecular flexibility index (Phi) is 8.29. The Bertz CT molecular complexity index is 301. The zero-order chi connectivity index (χ0) is 12.4. The molecule has 0 aliphatic heterocycles. The van der Waals surface area contributed by atoms with Gasteiger partial charge in [0.1, 0.15) is 6.61 Å². The monoisotopic (exact) mass is 244 g/mol. The van der Waals surface area contributed by atoms with E-state index in [1.165, 1.54) is 0 Å². The van der Waals surface area contributed by atoms with Gasteiger partial charge in [0.05, 0.1) is 0 Å². The minimum atomic E-state index is -0.516. The predicted molar refractivity (Wildman–Crippen MR) is 66.8 cm³/mol. The molecule has 1 aromatic carbocycles. The molecule has 0 spiro atoms. The van der Waals surface area contributed by atoms with Crippen molar-refractivity contribution in [3.8, 4) is 0 Å². The van der Waals surface area contributed by atoms with Crippen LogP contribution in [0.5, 0.6) is 0 Å². The first-order chi connectivity index (χ1) is 7.72. The number of carbonyl (C=O) groups excluding carboxylic acids is 1. The second-order valence-corrected chi connectivity index (χ2v) is 2.99. The molecule has 0 saturated heterocycles. The number of hydrogen-bond donors (Lipinski definition) is 2. The number of anilines is 1. The third kappa shape index (κ3) is 6.27. The summed E-state index contributed by atoms with van der Waals surface area (Å²) in [6.07, 6.45) is -0.516. The maximum Gasteiger partial charge on any atom is 0.411 e. The summed E-state index contributed by atoms with van der Waals surface area (Å²) in [6.45, 7) is 4.52. The highest BCUT2D eigenvalue weighted by molar-refractivity contribution is 6.30. The van der Waals surface area contributed by atoms with Gasteiger partial charge in [0.15, 0.2) is 0 Å². The number of halogens is 1. The summed E-state index contributed by atoms with van der Waals surface area (Å²) in [4.78, 5) is 11.0. The summed E-state index contributed by atoms with van der Waals surface area (Å²) < 4.78 is 4.72. The number of ether oxygens (including phenoxy) is 1. The Morgan fingerprint density at radius 3 is 2.44 bits per heavy atom. The molecule has 0 fully saturated rings. The van der Waals surface area contributed by atoms with E-state index in [4.69, 9.17) is 22.1 Å². The lowest BCUT2D eigenvalue weighted by Crippen LogP contribution is -2.18. The Morgan fingerprint density at radius 2 is 1.94 bits per heavy atom. The minimum absolute atomic E-state index is 0.208. The third-order valence-corrected chi connectivity index (χ3v) is 1.69.